The number of carbonyl (C=O) groups excluding carboxylic acids is 1. The highest BCUT2D eigenvalue weighted by Crippen LogP contribution is 2.37. The van der Waals surface area contributed by atoms with Gasteiger partial charge in [0.1, 0.15) is 24.2 Å². The van der Waals surface area contributed by atoms with Crippen molar-refractivity contribution in [2.45, 2.75) is 46.6 Å². The van der Waals surface area contributed by atoms with E-state index in [4.69, 9.17) is 21.1 Å². The minimum Gasteiger partial charge on any atom is -0.492 e. The number of halogens is 1. The van der Waals surface area contributed by atoms with Crippen molar-refractivity contribution in [3.05, 3.63) is 77.2 Å². The Morgan fingerprint density at radius 2 is 1.95 bits per heavy atom. The molecule has 1 amide bonds. The highest BCUT2D eigenvalue weighted by atomic mass is 35.5. The molecule has 0 radical (unpaired) electrons. The molecule has 0 aliphatic rings. The zero-order valence-corrected chi connectivity index (χ0v) is 23.6. The maximum Gasteiger partial charge on any atom is 0.224 e. The van der Waals surface area contributed by atoms with Crippen LogP contribution in [-0.4, -0.2) is 22.5 Å². The van der Waals surface area contributed by atoms with Gasteiger partial charge in [-0.25, -0.2) is 0 Å². The summed E-state index contributed by atoms with van der Waals surface area (Å²) in [6.07, 6.45) is 5.41. The average Bonchev–Trinajstić information content (AvgIpc) is 2.94. The molecule has 2 heterocycles. The van der Waals surface area contributed by atoms with Crippen LogP contribution in [0.25, 0.3) is 10.9 Å². The summed E-state index contributed by atoms with van der Waals surface area (Å²) in [4.78, 5) is 21.4. The van der Waals surface area contributed by atoms with Gasteiger partial charge >= 0.3 is 0 Å². The van der Waals surface area contributed by atoms with Gasteiger partial charge in [-0.15, -0.1) is 0 Å². The zero-order chi connectivity index (χ0) is 28.5. The van der Waals surface area contributed by atoms with Crippen LogP contribution >= 0.6 is 11.6 Å². The molecule has 0 fully saturated rings. The van der Waals surface area contributed by atoms with E-state index in [1.165, 1.54) is 6.20 Å². The number of nitrogens with one attached hydrogen (secondary N) is 2. The Morgan fingerprint density at radius 3 is 2.65 bits per heavy atom. The van der Waals surface area contributed by atoms with Crippen LogP contribution in [0.4, 0.5) is 17.1 Å². The minimum absolute atomic E-state index is 0.0899. The summed E-state index contributed by atoms with van der Waals surface area (Å²) in [5, 5.41) is 17.2. The van der Waals surface area contributed by atoms with Crippen molar-refractivity contribution in [2.75, 3.05) is 17.2 Å². The number of hydrogen-bond acceptors (Lipinski definition) is 7. The second kappa shape index (κ2) is 13.6. The molecule has 2 N–H and O–H groups in total. The Kier molecular flexibility index (Phi) is 9.76. The van der Waals surface area contributed by atoms with Crippen LogP contribution in [0.15, 0.2) is 60.9 Å². The van der Waals surface area contributed by atoms with Gasteiger partial charge in [-0.2, -0.15) is 5.26 Å². The molecule has 0 spiro atoms. The normalized spacial score (nSPS) is 10.8. The van der Waals surface area contributed by atoms with Gasteiger partial charge in [-0.05, 0) is 55.7 Å². The van der Waals surface area contributed by atoms with E-state index in [0.717, 1.165) is 18.5 Å². The molecule has 4 aromatic rings. The molecule has 0 atom stereocenters. The van der Waals surface area contributed by atoms with Gasteiger partial charge in [0.2, 0.25) is 5.91 Å². The molecule has 40 heavy (non-hydrogen) atoms. The summed E-state index contributed by atoms with van der Waals surface area (Å²) in [6, 6.07) is 16.7. The molecule has 0 saturated heterocycles. The molecule has 0 aliphatic carbocycles. The number of carbonyl (C=O) groups is 1. The molecule has 9 heteroatoms. The van der Waals surface area contributed by atoms with Gasteiger partial charge in [0.05, 0.1) is 39.8 Å². The Hall–Kier alpha value is -4.35. The van der Waals surface area contributed by atoms with Crippen LogP contribution < -0.4 is 20.1 Å². The fourth-order valence-corrected chi connectivity index (χ4v) is 4.41. The maximum atomic E-state index is 12.7. The largest absolute Gasteiger partial charge is 0.492 e. The van der Waals surface area contributed by atoms with Gasteiger partial charge < -0.3 is 20.1 Å². The number of nitrogens with zero attached hydrogens (tertiary/aromatic N) is 3. The first-order chi connectivity index (χ1) is 19.4. The number of benzene rings is 2. The van der Waals surface area contributed by atoms with Crippen molar-refractivity contribution in [3.8, 4) is 17.6 Å². The second-order valence-electron chi connectivity index (χ2n) is 9.67. The standard InChI is InChI=1S/C31H32ClN5O3/c1-4-39-29-16-26-24(15-27(29)37-30(38)10-7-8-20(2)3)31(21(17-33)18-35-26)36-22-11-12-28(25(32)14-22)40-19-23-9-5-6-13-34-23/h5-6,9,11-16,18,20H,4,7-8,10,19H2,1-3H3,(H,35,36)(H,37,38). The number of rotatable bonds is 12. The van der Waals surface area contributed by atoms with E-state index in [2.05, 4.69) is 40.5 Å². The quantitative estimate of drug-likeness (QED) is 0.184. The van der Waals surface area contributed by atoms with Crippen LogP contribution in [0.1, 0.15) is 51.3 Å². The third-order valence-electron chi connectivity index (χ3n) is 6.15. The first-order valence-corrected chi connectivity index (χ1v) is 13.6. The summed E-state index contributed by atoms with van der Waals surface area (Å²) in [7, 11) is 0. The number of anilines is 3. The van der Waals surface area contributed by atoms with Crippen molar-refractivity contribution >= 4 is 45.5 Å². The molecule has 8 nitrogen and oxygen atoms in total. The van der Waals surface area contributed by atoms with E-state index >= 15 is 0 Å². The van der Waals surface area contributed by atoms with E-state index in [-0.39, 0.29) is 12.5 Å². The number of aromatic nitrogens is 2. The fraction of sp³-hybridized carbons (Fsp3) is 0.290. The van der Waals surface area contributed by atoms with Gasteiger partial charge in [0, 0.05) is 36.0 Å². The molecule has 0 unspecified atom stereocenters. The Morgan fingerprint density at radius 1 is 1.10 bits per heavy atom. The van der Waals surface area contributed by atoms with E-state index in [0.29, 0.717) is 69.0 Å². The molecule has 0 saturated carbocycles. The highest BCUT2D eigenvalue weighted by molar-refractivity contribution is 6.32. The topological polar surface area (TPSA) is 109 Å². The van der Waals surface area contributed by atoms with Crippen molar-refractivity contribution in [3.63, 3.8) is 0 Å². The van der Waals surface area contributed by atoms with Crippen molar-refractivity contribution < 1.29 is 14.3 Å². The number of nitriles is 1. The van der Waals surface area contributed by atoms with Gasteiger partial charge in [-0.3, -0.25) is 14.8 Å². The number of fused-ring (bicyclic) bond motifs is 1. The van der Waals surface area contributed by atoms with Crippen molar-refractivity contribution in [2.24, 2.45) is 5.92 Å². The maximum absolute atomic E-state index is 12.7. The molecular weight excluding hydrogens is 526 g/mol. The van der Waals surface area contributed by atoms with E-state index in [1.54, 1.807) is 30.5 Å². The Balaban J connectivity index is 1.62. The number of hydrogen-bond donors (Lipinski definition) is 2. The van der Waals surface area contributed by atoms with Crippen LogP contribution in [0.2, 0.25) is 5.02 Å². The lowest BCUT2D eigenvalue weighted by atomic mass is 10.1. The number of amides is 1. The van der Waals surface area contributed by atoms with Crippen LogP contribution in [0.5, 0.6) is 11.5 Å². The average molecular weight is 558 g/mol. The van der Waals surface area contributed by atoms with Crippen LogP contribution in [-0.2, 0) is 11.4 Å². The minimum atomic E-state index is -0.0899. The third-order valence-corrected chi connectivity index (χ3v) is 6.45. The number of pyridine rings is 2. The lowest BCUT2D eigenvalue weighted by Crippen LogP contribution is -2.13. The predicted molar refractivity (Wildman–Crippen MR) is 158 cm³/mol. The van der Waals surface area contributed by atoms with Crippen LogP contribution in [0, 0.1) is 17.2 Å². The number of ether oxygens (including phenoxy) is 2. The van der Waals surface area contributed by atoms with E-state index < -0.39 is 0 Å². The monoisotopic (exact) mass is 557 g/mol. The summed E-state index contributed by atoms with van der Waals surface area (Å²) in [6.45, 7) is 6.87. The first-order valence-electron chi connectivity index (χ1n) is 13.3. The lowest BCUT2D eigenvalue weighted by molar-refractivity contribution is -0.116. The smallest absolute Gasteiger partial charge is 0.224 e. The molecule has 4 rings (SSSR count). The van der Waals surface area contributed by atoms with E-state index in [9.17, 15) is 10.1 Å². The van der Waals surface area contributed by atoms with E-state index in [1.807, 2.05) is 31.2 Å². The highest BCUT2D eigenvalue weighted by Gasteiger charge is 2.16. The summed E-state index contributed by atoms with van der Waals surface area (Å²) in [5.41, 5.74) is 3.48. The molecule has 2 aromatic heterocycles. The van der Waals surface area contributed by atoms with Crippen molar-refractivity contribution in [1.29, 1.82) is 5.26 Å². The van der Waals surface area contributed by atoms with Gasteiger partial charge in [0.25, 0.3) is 0 Å². The third kappa shape index (κ3) is 7.39. The fourth-order valence-electron chi connectivity index (χ4n) is 4.17. The summed E-state index contributed by atoms with van der Waals surface area (Å²) < 4.78 is 11.6. The first kappa shape index (κ1) is 28.7. The molecule has 2 aromatic carbocycles. The molecule has 0 bridgehead atoms. The van der Waals surface area contributed by atoms with Crippen LogP contribution in [0.3, 0.4) is 0 Å². The van der Waals surface area contributed by atoms with Gasteiger partial charge in [-0.1, -0.05) is 37.9 Å². The second-order valence-corrected chi connectivity index (χ2v) is 10.1. The molecule has 0 aliphatic heterocycles. The lowest BCUT2D eigenvalue weighted by Gasteiger charge is -2.17. The Labute approximate surface area is 239 Å². The predicted octanol–water partition coefficient (Wildman–Crippen LogP) is 7.64. The SMILES string of the molecule is CCOc1cc2ncc(C#N)c(Nc3ccc(OCc4ccccn4)c(Cl)c3)c2cc1NC(=O)CCCC(C)C. The molecule has 206 valence electrons. The van der Waals surface area contributed by atoms with Crippen molar-refractivity contribution in [1.82, 2.24) is 9.97 Å². The summed E-state index contributed by atoms with van der Waals surface area (Å²) >= 11 is 6.53. The van der Waals surface area contributed by atoms with Gasteiger partial charge in [0.15, 0.2) is 0 Å². The zero-order valence-electron chi connectivity index (χ0n) is 22.8. The Bertz CT molecular complexity index is 1520. The summed E-state index contributed by atoms with van der Waals surface area (Å²) in [5.74, 6) is 1.48. The molecular formula is C31H32ClN5O3.